The first-order valence-corrected chi connectivity index (χ1v) is 10.2. The molecule has 0 radical (unpaired) electrons. The first-order chi connectivity index (χ1) is 12.9. The summed E-state index contributed by atoms with van der Waals surface area (Å²) in [4.78, 5) is 16.5. The molecule has 0 saturated heterocycles. The quantitative estimate of drug-likeness (QED) is 0.686. The summed E-state index contributed by atoms with van der Waals surface area (Å²) < 4.78 is 25.3. The number of pyridine rings is 1. The van der Waals surface area contributed by atoms with E-state index in [0.717, 1.165) is 23.8 Å². The Hall–Kier alpha value is -3.19. The highest BCUT2D eigenvalue weighted by Gasteiger charge is 2.13. The van der Waals surface area contributed by atoms with Gasteiger partial charge in [-0.2, -0.15) is 0 Å². The van der Waals surface area contributed by atoms with Crippen LogP contribution in [0.25, 0.3) is 0 Å². The van der Waals surface area contributed by atoms with Gasteiger partial charge in [0.25, 0.3) is 5.91 Å². The van der Waals surface area contributed by atoms with Gasteiger partial charge in [-0.05, 0) is 53.9 Å². The molecule has 0 aliphatic rings. The van der Waals surface area contributed by atoms with Gasteiger partial charge < -0.3 is 5.32 Å². The second-order valence-corrected chi connectivity index (χ2v) is 7.85. The van der Waals surface area contributed by atoms with Crippen LogP contribution in [0.15, 0.2) is 73.1 Å². The molecule has 0 unspecified atom stereocenters. The van der Waals surface area contributed by atoms with Crippen LogP contribution in [0.3, 0.4) is 0 Å². The van der Waals surface area contributed by atoms with E-state index in [-0.39, 0.29) is 17.2 Å². The zero-order chi connectivity index (χ0) is 19.3. The molecule has 6 nitrogen and oxygen atoms in total. The first-order valence-electron chi connectivity index (χ1n) is 8.27. The van der Waals surface area contributed by atoms with Crippen molar-refractivity contribution in [2.45, 2.75) is 6.42 Å². The van der Waals surface area contributed by atoms with Gasteiger partial charge in [-0.1, -0.05) is 24.3 Å². The maximum Gasteiger partial charge on any atom is 0.257 e. The number of carbonyl (C=O) groups is 1. The molecule has 1 heterocycles. The third kappa shape index (κ3) is 5.39. The van der Waals surface area contributed by atoms with E-state index < -0.39 is 10.0 Å². The number of sulfonamides is 1. The molecule has 0 aliphatic heterocycles. The van der Waals surface area contributed by atoms with Crippen molar-refractivity contribution in [2.75, 3.05) is 16.3 Å². The third-order valence-corrected chi connectivity index (χ3v) is 4.43. The lowest BCUT2D eigenvalue weighted by atomic mass is 10.1. The second-order valence-electron chi connectivity index (χ2n) is 6.10. The van der Waals surface area contributed by atoms with Crippen molar-refractivity contribution >= 4 is 27.3 Å². The largest absolute Gasteiger partial charge is 0.322 e. The van der Waals surface area contributed by atoms with Crippen molar-refractivity contribution in [3.05, 3.63) is 89.7 Å². The lowest BCUT2D eigenvalue weighted by molar-refractivity contribution is 0.102. The average Bonchev–Trinajstić information content (AvgIpc) is 2.63. The predicted octanol–water partition coefficient (Wildman–Crippen LogP) is 3.30. The Balaban J connectivity index is 1.71. The lowest BCUT2D eigenvalue weighted by Crippen LogP contribution is -2.17. The van der Waals surface area contributed by atoms with E-state index in [1.807, 2.05) is 36.4 Å². The van der Waals surface area contributed by atoms with Crippen LogP contribution in [0.4, 0.5) is 11.4 Å². The normalized spacial score (nSPS) is 11.0. The Bertz CT molecular complexity index is 1030. The fraction of sp³-hybridized carbons (Fsp3) is 0.100. The van der Waals surface area contributed by atoms with Crippen molar-refractivity contribution in [2.24, 2.45) is 0 Å². The first kappa shape index (κ1) is 18.6. The van der Waals surface area contributed by atoms with Crippen LogP contribution in [-0.2, 0) is 16.4 Å². The van der Waals surface area contributed by atoms with Crippen molar-refractivity contribution in [1.82, 2.24) is 4.98 Å². The Morgan fingerprint density at radius 1 is 0.926 bits per heavy atom. The van der Waals surface area contributed by atoms with E-state index in [1.54, 1.807) is 36.7 Å². The summed E-state index contributed by atoms with van der Waals surface area (Å²) in [6, 6.07) is 17.9. The molecule has 1 aromatic heterocycles. The van der Waals surface area contributed by atoms with Crippen LogP contribution in [0, 0.1) is 0 Å². The van der Waals surface area contributed by atoms with Gasteiger partial charge >= 0.3 is 0 Å². The molecule has 138 valence electrons. The number of aromatic nitrogens is 1. The van der Waals surface area contributed by atoms with E-state index in [2.05, 4.69) is 15.0 Å². The number of anilines is 2. The number of nitrogens with zero attached hydrogens (tertiary/aromatic N) is 1. The number of hydrogen-bond donors (Lipinski definition) is 2. The number of rotatable bonds is 6. The second kappa shape index (κ2) is 8.01. The molecule has 0 saturated carbocycles. The van der Waals surface area contributed by atoms with E-state index in [4.69, 9.17) is 0 Å². The summed E-state index contributed by atoms with van der Waals surface area (Å²) in [5.41, 5.74) is 3.39. The molecular formula is C20H19N3O3S. The highest BCUT2D eigenvalue weighted by molar-refractivity contribution is 7.92. The molecule has 2 aromatic carbocycles. The number of para-hydroxylation sites is 1. The number of benzene rings is 2. The van der Waals surface area contributed by atoms with Crippen molar-refractivity contribution in [1.29, 1.82) is 0 Å². The van der Waals surface area contributed by atoms with E-state index >= 15 is 0 Å². The molecular weight excluding hydrogens is 362 g/mol. The predicted molar refractivity (Wildman–Crippen MR) is 106 cm³/mol. The molecule has 1 amide bonds. The number of hydrogen-bond acceptors (Lipinski definition) is 4. The fourth-order valence-electron chi connectivity index (χ4n) is 2.61. The maximum absolute atomic E-state index is 12.5. The monoisotopic (exact) mass is 381 g/mol. The van der Waals surface area contributed by atoms with E-state index in [0.29, 0.717) is 5.69 Å². The summed E-state index contributed by atoms with van der Waals surface area (Å²) in [5, 5.41) is 2.79. The van der Waals surface area contributed by atoms with Crippen molar-refractivity contribution in [3.63, 3.8) is 0 Å². The van der Waals surface area contributed by atoms with Gasteiger partial charge in [0.1, 0.15) is 0 Å². The molecule has 0 spiro atoms. The van der Waals surface area contributed by atoms with E-state index in [9.17, 15) is 13.2 Å². The minimum Gasteiger partial charge on any atom is -0.322 e. The molecule has 0 aliphatic carbocycles. The highest BCUT2D eigenvalue weighted by atomic mass is 32.2. The Labute approximate surface area is 158 Å². The van der Waals surface area contributed by atoms with Crippen molar-refractivity contribution < 1.29 is 13.2 Å². The smallest absolute Gasteiger partial charge is 0.257 e. The number of carbonyl (C=O) groups excluding carboxylic acids is 1. The molecule has 2 N–H and O–H groups in total. The van der Waals surface area contributed by atoms with Crippen LogP contribution >= 0.6 is 0 Å². The van der Waals surface area contributed by atoms with Gasteiger partial charge in [0.05, 0.1) is 17.5 Å². The molecule has 27 heavy (non-hydrogen) atoms. The van der Waals surface area contributed by atoms with Gasteiger partial charge in [0.15, 0.2) is 0 Å². The zero-order valence-electron chi connectivity index (χ0n) is 14.7. The van der Waals surface area contributed by atoms with Gasteiger partial charge in [0.2, 0.25) is 10.0 Å². The van der Waals surface area contributed by atoms with Crippen LogP contribution in [0.1, 0.15) is 21.5 Å². The fourth-order valence-corrected chi connectivity index (χ4v) is 3.19. The van der Waals surface area contributed by atoms with Crippen LogP contribution < -0.4 is 10.0 Å². The Kier molecular flexibility index (Phi) is 5.52. The third-order valence-electron chi connectivity index (χ3n) is 3.84. The van der Waals surface area contributed by atoms with Crippen LogP contribution in [0.2, 0.25) is 0 Å². The standard InChI is InChI=1S/C20H19N3O3S/c1-27(25,26)23-19-5-3-2-4-18(19)20(24)22-17-8-6-15(7-9-17)14-16-10-12-21-13-11-16/h2-13,23H,14H2,1H3,(H,22,24). The molecule has 7 heteroatoms. The summed E-state index contributed by atoms with van der Waals surface area (Å²) in [7, 11) is -3.48. The summed E-state index contributed by atoms with van der Waals surface area (Å²) in [6.07, 6.45) is 5.33. The highest BCUT2D eigenvalue weighted by Crippen LogP contribution is 2.19. The zero-order valence-corrected chi connectivity index (χ0v) is 15.5. The Morgan fingerprint density at radius 2 is 1.56 bits per heavy atom. The van der Waals surface area contributed by atoms with Gasteiger partial charge in [-0.3, -0.25) is 14.5 Å². The molecule has 0 atom stereocenters. The molecule has 0 bridgehead atoms. The number of amides is 1. The topological polar surface area (TPSA) is 88.2 Å². The van der Waals surface area contributed by atoms with Crippen LogP contribution in [0.5, 0.6) is 0 Å². The van der Waals surface area contributed by atoms with Crippen LogP contribution in [-0.4, -0.2) is 25.6 Å². The summed E-state index contributed by atoms with van der Waals surface area (Å²) in [5.74, 6) is -0.386. The average molecular weight is 381 g/mol. The summed E-state index contributed by atoms with van der Waals surface area (Å²) >= 11 is 0. The van der Waals surface area contributed by atoms with Crippen molar-refractivity contribution in [3.8, 4) is 0 Å². The maximum atomic E-state index is 12.5. The minimum absolute atomic E-state index is 0.242. The molecule has 3 aromatic rings. The number of nitrogens with one attached hydrogen (secondary N) is 2. The van der Waals surface area contributed by atoms with Gasteiger partial charge in [-0.15, -0.1) is 0 Å². The molecule has 0 fully saturated rings. The Morgan fingerprint density at radius 3 is 2.22 bits per heavy atom. The summed E-state index contributed by atoms with van der Waals surface area (Å²) in [6.45, 7) is 0. The minimum atomic E-state index is -3.48. The lowest BCUT2D eigenvalue weighted by Gasteiger charge is -2.11. The van der Waals surface area contributed by atoms with Gasteiger partial charge in [0, 0.05) is 18.1 Å². The molecule has 3 rings (SSSR count). The van der Waals surface area contributed by atoms with Gasteiger partial charge in [-0.25, -0.2) is 8.42 Å². The van der Waals surface area contributed by atoms with E-state index in [1.165, 1.54) is 0 Å². The SMILES string of the molecule is CS(=O)(=O)Nc1ccccc1C(=O)Nc1ccc(Cc2ccncc2)cc1.